The smallest absolute Gasteiger partial charge is 0.0510 e. The summed E-state index contributed by atoms with van der Waals surface area (Å²) in [4.78, 5) is 4.83. The summed E-state index contributed by atoms with van der Waals surface area (Å²) >= 11 is 3.70. The van der Waals surface area contributed by atoms with Crippen LogP contribution in [0.4, 0.5) is 5.69 Å². The summed E-state index contributed by atoms with van der Waals surface area (Å²) in [7, 11) is 4.41. The molecule has 0 atom stereocenters. The fraction of sp³-hybridized carbons (Fsp3) is 0.600. The maximum absolute atomic E-state index is 5.61. The molecule has 0 amide bonds. The molecule has 1 aliphatic rings. The summed E-state index contributed by atoms with van der Waals surface area (Å²) in [6.45, 7) is 3.09. The molecule has 4 heteroatoms. The van der Waals surface area contributed by atoms with Crippen molar-refractivity contribution in [2.45, 2.75) is 25.3 Å². The van der Waals surface area contributed by atoms with E-state index >= 15 is 0 Å². The zero-order chi connectivity index (χ0) is 13.8. The first-order valence-electron chi connectivity index (χ1n) is 7.01. The zero-order valence-corrected chi connectivity index (χ0v) is 13.5. The third-order valence-corrected chi connectivity index (χ3v) is 4.70. The van der Waals surface area contributed by atoms with Crippen LogP contribution in [0.25, 0.3) is 0 Å². The van der Waals surface area contributed by atoms with Crippen LogP contribution in [0.3, 0.4) is 0 Å². The predicted octanol–water partition coefficient (Wildman–Crippen LogP) is 2.48. The van der Waals surface area contributed by atoms with Crippen LogP contribution in [0.5, 0.6) is 0 Å². The molecule has 19 heavy (non-hydrogen) atoms. The van der Waals surface area contributed by atoms with Crippen LogP contribution in [0.1, 0.15) is 18.4 Å². The van der Waals surface area contributed by atoms with Gasteiger partial charge < -0.3 is 15.5 Å². The van der Waals surface area contributed by atoms with Gasteiger partial charge in [0, 0.05) is 17.6 Å². The number of halogens is 1. The highest BCUT2D eigenvalue weighted by atomic mass is 79.9. The van der Waals surface area contributed by atoms with Crippen LogP contribution in [-0.4, -0.2) is 44.7 Å². The maximum Gasteiger partial charge on any atom is 0.0510 e. The van der Waals surface area contributed by atoms with E-state index in [4.69, 9.17) is 5.73 Å². The van der Waals surface area contributed by atoms with E-state index in [0.29, 0.717) is 12.6 Å². The zero-order valence-electron chi connectivity index (χ0n) is 11.9. The van der Waals surface area contributed by atoms with Gasteiger partial charge in [-0.05, 0) is 79.6 Å². The molecule has 0 aromatic heterocycles. The second-order valence-corrected chi connectivity index (χ2v) is 6.32. The van der Waals surface area contributed by atoms with Crippen molar-refractivity contribution in [2.75, 3.05) is 38.6 Å². The second kappa shape index (κ2) is 6.73. The van der Waals surface area contributed by atoms with Crippen molar-refractivity contribution < 1.29 is 0 Å². The van der Waals surface area contributed by atoms with Gasteiger partial charge in [-0.15, -0.1) is 0 Å². The van der Waals surface area contributed by atoms with Gasteiger partial charge in [-0.1, -0.05) is 6.07 Å². The molecule has 2 N–H and O–H groups in total. The van der Waals surface area contributed by atoms with Gasteiger partial charge in [0.15, 0.2) is 0 Å². The van der Waals surface area contributed by atoms with Crippen LogP contribution >= 0.6 is 15.9 Å². The van der Waals surface area contributed by atoms with Crippen molar-refractivity contribution >= 4 is 21.6 Å². The Morgan fingerprint density at radius 3 is 2.63 bits per heavy atom. The average molecular weight is 326 g/mol. The molecule has 0 spiro atoms. The second-order valence-electron chi connectivity index (χ2n) is 5.47. The lowest BCUT2D eigenvalue weighted by molar-refractivity contribution is 0.253. The Balaban J connectivity index is 2.08. The minimum absolute atomic E-state index is 0.646. The van der Waals surface area contributed by atoms with Crippen molar-refractivity contribution in [1.82, 2.24) is 4.90 Å². The molecule has 106 valence electrons. The lowest BCUT2D eigenvalue weighted by Crippen LogP contribution is -2.42. The molecule has 1 fully saturated rings. The molecule has 0 radical (unpaired) electrons. The monoisotopic (exact) mass is 325 g/mol. The van der Waals surface area contributed by atoms with E-state index in [2.05, 4.69) is 58.0 Å². The molecule has 0 unspecified atom stereocenters. The topological polar surface area (TPSA) is 32.5 Å². The number of benzene rings is 1. The highest BCUT2D eigenvalue weighted by molar-refractivity contribution is 9.10. The van der Waals surface area contributed by atoms with Crippen LogP contribution in [-0.2, 0) is 6.42 Å². The predicted molar refractivity (Wildman–Crippen MR) is 85.8 cm³/mol. The molecule has 0 aliphatic carbocycles. The Kier molecular flexibility index (Phi) is 5.25. The first kappa shape index (κ1) is 14.8. The normalized spacial score (nSPS) is 17.7. The number of nitrogens with two attached hydrogens (primary N) is 1. The van der Waals surface area contributed by atoms with Crippen LogP contribution in [0.2, 0.25) is 0 Å². The molecule has 1 aliphatic heterocycles. The van der Waals surface area contributed by atoms with Crippen molar-refractivity contribution in [3.63, 3.8) is 0 Å². The third-order valence-electron chi connectivity index (χ3n) is 4.06. The third kappa shape index (κ3) is 3.71. The van der Waals surface area contributed by atoms with Gasteiger partial charge in [0.25, 0.3) is 0 Å². The summed E-state index contributed by atoms with van der Waals surface area (Å²) < 4.78 is 1.18. The number of rotatable bonds is 4. The molecule has 1 saturated heterocycles. The highest BCUT2D eigenvalue weighted by Crippen LogP contribution is 2.30. The quantitative estimate of drug-likeness (QED) is 0.923. The Morgan fingerprint density at radius 1 is 1.37 bits per heavy atom. The van der Waals surface area contributed by atoms with Gasteiger partial charge in [-0.3, -0.25) is 0 Å². The van der Waals surface area contributed by atoms with Crippen molar-refractivity contribution in [3.8, 4) is 0 Å². The van der Waals surface area contributed by atoms with Gasteiger partial charge in [0.2, 0.25) is 0 Å². The summed E-state index contributed by atoms with van der Waals surface area (Å²) in [6, 6.07) is 7.26. The summed E-state index contributed by atoms with van der Waals surface area (Å²) in [5.74, 6) is 0. The molecule has 1 aromatic rings. The summed E-state index contributed by atoms with van der Waals surface area (Å²) in [6.07, 6.45) is 3.42. The molecule has 1 aromatic carbocycles. The number of hydrogen-bond donors (Lipinski definition) is 1. The summed E-state index contributed by atoms with van der Waals surface area (Å²) in [5, 5.41) is 0. The SMILES string of the molecule is CN1CCC(N(C)c2ccc(CCN)cc2Br)CC1. The van der Waals surface area contributed by atoms with E-state index < -0.39 is 0 Å². The van der Waals surface area contributed by atoms with Gasteiger partial charge in [0.1, 0.15) is 0 Å². The standard InChI is InChI=1S/C15H24BrN3/c1-18-9-6-13(7-10-18)19(2)15-4-3-12(5-8-17)11-14(15)16/h3-4,11,13H,5-10,17H2,1-2H3. The Bertz CT molecular complexity index is 414. The summed E-state index contributed by atoms with van der Waals surface area (Å²) in [5.41, 5.74) is 8.20. The molecule has 3 nitrogen and oxygen atoms in total. The highest BCUT2D eigenvalue weighted by Gasteiger charge is 2.21. The van der Waals surface area contributed by atoms with E-state index in [9.17, 15) is 0 Å². The molecule has 1 heterocycles. The minimum Gasteiger partial charge on any atom is -0.371 e. The molecule has 0 bridgehead atoms. The Morgan fingerprint density at radius 2 is 2.05 bits per heavy atom. The van der Waals surface area contributed by atoms with Crippen molar-refractivity contribution in [1.29, 1.82) is 0 Å². The first-order valence-corrected chi connectivity index (χ1v) is 7.81. The molecular formula is C15H24BrN3. The number of piperidine rings is 1. The lowest BCUT2D eigenvalue weighted by atomic mass is 10.0. The molecule has 0 saturated carbocycles. The van der Waals surface area contributed by atoms with Gasteiger partial charge in [0.05, 0.1) is 5.69 Å². The Hall–Kier alpha value is -0.580. The van der Waals surface area contributed by atoms with Crippen LogP contribution in [0.15, 0.2) is 22.7 Å². The van der Waals surface area contributed by atoms with E-state index in [1.54, 1.807) is 0 Å². The number of likely N-dealkylation sites (tertiary alicyclic amines) is 1. The molecule has 2 rings (SSSR count). The first-order chi connectivity index (χ1) is 9.11. The fourth-order valence-corrected chi connectivity index (χ4v) is 3.44. The Labute approximate surface area is 124 Å². The fourth-order valence-electron chi connectivity index (χ4n) is 2.74. The average Bonchev–Trinajstić information content (AvgIpc) is 2.39. The van der Waals surface area contributed by atoms with Crippen molar-refractivity contribution in [2.24, 2.45) is 5.73 Å². The number of anilines is 1. The molecular weight excluding hydrogens is 302 g/mol. The minimum atomic E-state index is 0.646. The van der Waals surface area contributed by atoms with E-state index in [1.807, 2.05) is 0 Å². The van der Waals surface area contributed by atoms with Gasteiger partial charge in [-0.2, -0.15) is 0 Å². The maximum atomic E-state index is 5.61. The van der Waals surface area contributed by atoms with Gasteiger partial charge >= 0.3 is 0 Å². The van der Waals surface area contributed by atoms with Gasteiger partial charge in [-0.25, -0.2) is 0 Å². The van der Waals surface area contributed by atoms with E-state index in [0.717, 1.165) is 6.42 Å². The van der Waals surface area contributed by atoms with Crippen molar-refractivity contribution in [3.05, 3.63) is 28.2 Å². The number of nitrogens with zero attached hydrogens (tertiary/aromatic N) is 2. The van der Waals surface area contributed by atoms with E-state index in [-0.39, 0.29) is 0 Å². The number of hydrogen-bond acceptors (Lipinski definition) is 3. The van der Waals surface area contributed by atoms with E-state index in [1.165, 1.54) is 41.7 Å². The van der Waals surface area contributed by atoms with Crippen LogP contribution in [0, 0.1) is 0 Å². The largest absolute Gasteiger partial charge is 0.371 e. The van der Waals surface area contributed by atoms with Crippen LogP contribution < -0.4 is 10.6 Å². The lowest BCUT2D eigenvalue weighted by Gasteiger charge is -2.36.